The summed E-state index contributed by atoms with van der Waals surface area (Å²) in [5.74, 6) is -0.118. The highest BCUT2D eigenvalue weighted by Crippen LogP contribution is 2.41. The van der Waals surface area contributed by atoms with Gasteiger partial charge < -0.3 is 9.22 Å². The lowest BCUT2D eigenvalue weighted by molar-refractivity contribution is -0.115. The molecule has 3 heteroatoms. The van der Waals surface area contributed by atoms with E-state index in [9.17, 15) is 4.79 Å². The van der Waals surface area contributed by atoms with E-state index in [1.165, 1.54) is 0 Å². The summed E-state index contributed by atoms with van der Waals surface area (Å²) in [6.45, 7) is 21.0. The average molecular weight is 270 g/mol. The third-order valence-electron chi connectivity index (χ3n) is 4.18. The van der Waals surface area contributed by atoms with Crippen LogP contribution in [0.4, 0.5) is 0 Å². The zero-order chi connectivity index (χ0) is 14.8. The van der Waals surface area contributed by atoms with Crippen molar-refractivity contribution in [2.45, 2.75) is 65.8 Å². The van der Waals surface area contributed by atoms with Crippen LogP contribution in [0.1, 0.15) is 41.5 Å². The van der Waals surface area contributed by atoms with E-state index in [4.69, 9.17) is 4.43 Å². The lowest BCUT2D eigenvalue weighted by Crippen LogP contribution is -2.50. The first kappa shape index (κ1) is 17.6. The third-order valence-corrected chi connectivity index (χ3v) is 8.63. The minimum absolute atomic E-state index is 0.103. The van der Waals surface area contributed by atoms with Crippen LogP contribution >= 0.6 is 0 Å². The van der Waals surface area contributed by atoms with Gasteiger partial charge in [-0.2, -0.15) is 0 Å². The summed E-state index contributed by atoms with van der Waals surface area (Å²) < 4.78 is 6.45. The molecule has 0 saturated heterocycles. The van der Waals surface area contributed by atoms with E-state index in [-0.39, 0.29) is 22.5 Å². The quantitative estimate of drug-likeness (QED) is 0.405. The van der Waals surface area contributed by atoms with Crippen LogP contribution in [0.3, 0.4) is 0 Å². The third kappa shape index (κ3) is 4.06. The lowest BCUT2D eigenvalue weighted by atomic mass is 9.81. The molecule has 0 bridgehead atoms. The fraction of sp³-hybridized carbons (Fsp3) is 0.800. The Labute approximate surface area is 114 Å². The Morgan fingerprint density at radius 3 is 1.89 bits per heavy atom. The average Bonchev–Trinajstić information content (AvgIpc) is 2.23. The molecule has 0 aliphatic heterocycles. The van der Waals surface area contributed by atoms with Crippen LogP contribution in [0.15, 0.2) is 12.7 Å². The molecule has 0 aliphatic rings. The Balaban J connectivity index is 5.27. The van der Waals surface area contributed by atoms with Crippen LogP contribution < -0.4 is 0 Å². The van der Waals surface area contributed by atoms with Crippen molar-refractivity contribution in [2.24, 2.45) is 11.3 Å². The molecule has 18 heavy (non-hydrogen) atoms. The van der Waals surface area contributed by atoms with Crippen LogP contribution in [0.25, 0.3) is 0 Å². The number of hydrogen-bond donors (Lipinski definition) is 0. The Morgan fingerprint density at radius 2 is 1.61 bits per heavy atom. The van der Waals surface area contributed by atoms with Crippen LogP contribution in [0, 0.1) is 11.3 Å². The predicted molar refractivity (Wildman–Crippen MR) is 81.3 cm³/mol. The van der Waals surface area contributed by atoms with Gasteiger partial charge in [0.1, 0.15) is 6.29 Å². The molecule has 0 aliphatic carbocycles. The summed E-state index contributed by atoms with van der Waals surface area (Å²) in [4.78, 5) is 11.1. The van der Waals surface area contributed by atoms with E-state index in [2.05, 4.69) is 54.3 Å². The van der Waals surface area contributed by atoms with Gasteiger partial charge in [-0.15, -0.1) is 6.58 Å². The SMILES string of the molecule is C=CC(C)(C)[C@H](O[Si](C)(C)C(C)(C)C)[C@@H](C)C=O. The summed E-state index contributed by atoms with van der Waals surface area (Å²) in [6.07, 6.45) is 2.78. The van der Waals surface area contributed by atoms with Gasteiger partial charge >= 0.3 is 0 Å². The Bertz CT molecular complexity index is 300. The number of carbonyl (C=O) groups is 1. The molecular formula is C15H30O2Si. The van der Waals surface area contributed by atoms with Crippen molar-refractivity contribution in [1.82, 2.24) is 0 Å². The van der Waals surface area contributed by atoms with Gasteiger partial charge in [0.05, 0.1) is 6.10 Å². The van der Waals surface area contributed by atoms with E-state index in [1.807, 2.05) is 13.0 Å². The molecule has 0 saturated carbocycles. The van der Waals surface area contributed by atoms with Crippen LogP contribution in [-0.4, -0.2) is 20.7 Å². The second-order valence-electron chi connectivity index (χ2n) is 7.32. The topological polar surface area (TPSA) is 26.3 Å². The number of hydrogen-bond acceptors (Lipinski definition) is 2. The van der Waals surface area contributed by atoms with Crippen LogP contribution in [0.5, 0.6) is 0 Å². The largest absolute Gasteiger partial charge is 0.412 e. The normalized spacial score (nSPS) is 17.1. The van der Waals surface area contributed by atoms with Crippen molar-refractivity contribution in [3.05, 3.63) is 12.7 Å². The summed E-state index contributed by atoms with van der Waals surface area (Å²) in [6, 6.07) is 0. The number of aldehydes is 1. The highest BCUT2D eigenvalue weighted by atomic mass is 28.4. The van der Waals surface area contributed by atoms with E-state index in [0.717, 1.165) is 6.29 Å². The molecule has 0 amide bonds. The first-order valence-electron chi connectivity index (χ1n) is 6.66. The van der Waals surface area contributed by atoms with Crippen molar-refractivity contribution < 1.29 is 9.22 Å². The molecule has 0 aromatic carbocycles. The summed E-state index contributed by atoms with van der Waals surface area (Å²) >= 11 is 0. The Morgan fingerprint density at radius 1 is 1.17 bits per heavy atom. The van der Waals surface area contributed by atoms with E-state index >= 15 is 0 Å². The maximum atomic E-state index is 11.1. The standard InChI is InChI=1S/C15H30O2Si/c1-10-15(6,7)13(12(2)11-16)17-18(8,9)14(3,4)5/h10-13H,1H2,2-9H3/t12-,13+/m0/s1. The Kier molecular flexibility index (Phi) is 5.57. The minimum Gasteiger partial charge on any atom is -0.412 e. The molecule has 0 aromatic heterocycles. The first-order chi connectivity index (χ1) is 7.89. The zero-order valence-electron chi connectivity index (χ0n) is 13.3. The molecular weight excluding hydrogens is 240 g/mol. The molecule has 0 aromatic rings. The fourth-order valence-electron chi connectivity index (χ4n) is 1.62. The maximum absolute atomic E-state index is 11.1. The molecule has 106 valence electrons. The molecule has 0 rings (SSSR count). The van der Waals surface area contributed by atoms with Crippen molar-refractivity contribution >= 4 is 14.6 Å². The fourth-order valence-corrected chi connectivity index (χ4v) is 3.13. The monoisotopic (exact) mass is 270 g/mol. The van der Waals surface area contributed by atoms with Gasteiger partial charge in [0.15, 0.2) is 8.32 Å². The second kappa shape index (κ2) is 5.70. The Hall–Kier alpha value is -0.413. The van der Waals surface area contributed by atoms with Gasteiger partial charge in [0.2, 0.25) is 0 Å². The molecule has 2 nitrogen and oxygen atoms in total. The van der Waals surface area contributed by atoms with Gasteiger partial charge in [0.25, 0.3) is 0 Å². The predicted octanol–water partition coefficient (Wildman–Crippen LogP) is 4.42. The minimum atomic E-state index is -1.88. The molecule has 2 atom stereocenters. The van der Waals surface area contributed by atoms with Gasteiger partial charge in [-0.25, -0.2) is 0 Å². The summed E-state index contributed by atoms with van der Waals surface area (Å²) in [5, 5.41) is 0.144. The summed E-state index contributed by atoms with van der Waals surface area (Å²) in [7, 11) is -1.88. The maximum Gasteiger partial charge on any atom is 0.192 e. The molecule has 0 N–H and O–H groups in total. The smallest absolute Gasteiger partial charge is 0.192 e. The lowest BCUT2D eigenvalue weighted by Gasteiger charge is -2.44. The van der Waals surface area contributed by atoms with Crippen molar-refractivity contribution in [1.29, 1.82) is 0 Å². The highest BCUT2D eigenvalue weighted by Gasteiger charge is 2.43. The van der Waals surface area contributed by atoms with Gasteiger partial charge in [0, 0.05) is 11.3 Å². The zero-order valence-corrected chi connectivity index (χ0v) is 14.3. The highest BCUT2D eigenvalue weighted by molar-refractivity contribution is 6.74. The molecule has 0 heterocycles. The molecule has 0 fully saturated rings. The van der Waals surface area contributed by atoms with Gasteiger partial charge in [-0.05, 0) is 18.1 Å². The van der Waals surface area contributed by atoms with Gasteiger partial charge in [-0.3, -0.25) is 0 Å². The van der Waals surface area contributed by atoms with Crippen LogP contribution in [-0.2, 0) is 9.22 Å². The van der Waals surface area contributed by atoms with Crippen molar-refractivity contribution in [2.75, 3.05) is 0 Å². The molecule has 0 spiro atoms. The summed E-state index contributed by atoms with van der Waals surface area (Å²) in [5.41, 5.74) is -0.199. The second-order valence-corrected chi connectivity index (χ2v) is 12.1. The first-order valence-corrected chi connectivity index (χ1v) is 9.56. The number of carbonyl (C=O) groups excluding carboxylic acids is 1. The van der Waals surface area contributed by atoms with E-state index in [0.29, 0.717) is 0 Å². The van der Waals surface area contributed by atoms with Gasteiger partial charge in [-0.1, -0.05) is 47.6 Å². The van der Waals surface area contributed by atoms with Crippen molar-refractivity contribution in [3.8, 4) is 0 Å². The number of rotatable bonds is 6. The van der Waals surface area contributed by atoms with E-state index in [1.54, 1.807) is 0 Å². The van der Waals surface area contributed by atoms with Crippen molar-refractivity contribution in [3.63, 3.8) is 0 Å². The molecule has 0 radical (unpaired) electrons. The van der Waals surface area contributed by atoms with Crippen LogP contribution in [0.2, 0.25) is 18.1 Å². The molecule has 0 unspecified atom stereocenters. The van der Waals surface area contributed by atoms with E-state index < -0.39 is 8.32 Å².